The molecule has 106 valence electrons. The van der Waals surface area contributed by atoms with Crippen molar-refractivity contribution in [1.29, 1.82) is 0 Å². The second-order valence-electron chi connectivity index (χ2n) is 4.78. The van der Waals surface area contributed by atoms with Crippen LogP contribution in [0.4, 0.5) is 0 Å². The fourth-order valence-corrected chi connectivity index (χ4v) is 2.39. The van der Waals surface area contributed by atoms with Gasteiger partial charge in [-0.15, -0.1) is 0 Å². The smallest absolute Gasteiger partial charge is 0.247 e. The number of rotatable bonds is 3. The third-order valence-corrected chi connectivity index (χ3v) is 3.51. The van der Waals surface area contributed by atoms with Gasteiger partial charge in [-0.1, -0.05) is 41.9 Å². The summed E-state index contributed by atoms with van der Waals surface area (Å²) in [7, 11) is 0. The van der Waals surface area contributed by atoms with E-state index in [0.717, 1.165) is 11.3 Å². The quantitative estimate of drug-likeness (QED) is 0.746. The van der Waals surface area contributed by atoms with E-state index in [1.165, 1.54) is 4.68 Å². The molecule has 2 aromatic carbocycles. The second-order valence-corrected chi connectivity index (χ2v) is 5.22. The lowest BCUT2D eigenvalue weighted by molar-refractivity contribution is 0.651. The summed E-state index contributed by atoms with van der Waals surface area (Å²) < 4.78 is 3.05. The first-order valence-electron chi connectivity index (χ1n) is 6.61. The Bertz CT molecular complexity index is 804. The zero-order valence-electron chi connectivity index (χ0n) is 11.5. The molecule has 4 nitrogen and oxygen atoms in total. The van der Waals surface area contributed by atoms with Crippen LogP contribution in [0.1, 0.15) is 11.4 Å². The molecular weight excluding hydrogens is 286 g/mol. The van der Waals surface area contributed by atoms with Gasteiger partial charge in [0.15, 0.2) is 0 Å². The predicted octanol–water partition coefficient (Wildman–Crippen LogP) is 3.04. The summed E-state index contributed by atoms with van der Waals surface area (Å²) in [6.07, 6.45) is 0. The van der Waals surface area contributed by atoms with Crippen LogP contribution < -0.4 is 5.69 Å². The summed E-state index contributed by atoms with van der Waals surface area (Å²) in [5, 5.41) is 4.98. The van der Waals surface area contributed by atoms with Crippen molar-refractivity contribution in [1.82, 2.24) is 14.3 Å². The number of aryl methyl sites for hydroxylation is 1. The normalized spacial score (nSPS) is 10.8. The SMILES string of the molecule is Cc1nn(Cc2ccccc2)c(=O)n1-c1ccc(Cl)cc1. The van der Waals surface area contributed by atoms with Crippen molar-refractivity contribution in [2.75, 3.05) is 0 Å². The minimum atomic E-state index is -0.154. The maximum atomic E-state index is 12.5. The Balaban J connectivity index is 2.01. The van der Waals surface area contributed by atoms with Gasteiger partial charge in [0, 0.05) is 5.02 Å². The van der Waals surface area contributed by atoms with E-state index in [1.807, 2.05) is 49.4 Å². The van der Waals surface area contributed by atoms with E-state index in [2.05, 4.69) is 5.10 Å². The van der Waals surface area contributed by atoms with Crippen LogP contribution in [0.5, 0.6) is 0 Å². The molecule has 0 bridgehead atoms. The Labute approximate surface area is 127 Å². The van der Waals surface area contributed by atoms with Crippen LogP contribution in [-0.2, 0) is 6.54 Å². The molecule has 3 rings (SSSR count). The highest BCUT2D eigenvalue weighted by Gasteiger charge is 2.11. The average Bonchev–Trinajstić information content (AvgIpc) is 2.76. The van der Waals surface area contributed by atoms with Crippen LogP contribution in [0.15, 0.2) is 59.4 Å². The molecule has 1 heterocycles. The van der Waals surface area contributed by atoms with Gasteiger partial charge in [0.1, 0.15) is 5.82 Å². The summed E-state index contributed by atoms with van der Waals surface area (Å²) in [5.74, 6) is 0.651. The minimum absolute atomic E-state index is 0.154. The van der Waals surface area contributed by atoms with E-state index >= 15 is 0 Å². The minimum Gasteiger partial charge on any atom is -0.247 e. The molecule has 0 aliphatic carbocycles. The second kappa shape index (κ2) is 5.58. The highest BCUT2D eigenvalue weighted by Crippen LogP contribution is 2.13. The molecule has 1 aromatic heterocycles. The Morgan fingerprint density at radius 2 is 1.71 bits per heavy atom. The lowest BCUT2D eigenvalue weighted by Gasteiger charge is -2.02. The largest absolute Gasteiger partial charge is 0.350 e. The summed E-state index contributed by atoms with van der Waals surface area (Å²) in [5.41, 5.74) is 1.65. The van der Waals surface area contributed by atoms with E-state index in [9.17, 15) is 4.79 Å². The summed E-state index contributed by atoms with van der Waals surface area (Å²) in [6.45, 7) is 2.28. The van der Waals surface area contributed by atoms with Gasteiger partial charge >= 0.3 is 5.69 Å². The molecule has 0 spiro atoms. The Hall–Kier alpha value is -2.33. The molecule has 0 N–H and O–H groups in total. The number of hydrogen-bond donors (Lipinski definition) is 0. The number of aromatic nitrogens is 3. The maximum absolute atomic E-state index is 12.5. The molecule has 0 saturated carbocycles. The van der Waals surface area contributed by atoms with Crippen LogP contribution in [0.25, 0.3) is 5.69 Å². The van der Waals surface area contributed by atoms with Gasteiger partial charge in [-0.3, -0.25) is 0 Å². The van der Waals surface area contributed by atoms with Crippen LogP contribution >= 0.6 is 11.6 Å². The topological polar surface area (TPSA) is 39.8 Å². The number of hydrogen-bond acceptors (Lipinski definition) is 2. The molecule has 0 amide bonds. The molecule has 21 heavy (non-hydrogen) atoms. The van der Waals surface area contributed by atoms with Crippen molar-refractivity contribution < 1.29 is 0 Å². The summed E-state index contributed by atoms with van der Waals surface area (Å²) in [6, 6.07) is 16.9. The Morgan fingerprint density at radius 1 is 1.05 bits per heavy atom. The van der Waals surface area contributed by atoms with Gasteiger partial charge in [-0.25, -0.2) is 14.0 Å². The van der Waals surface area contributed by atoms with Gasteiger partial charge in [-0.2, -0.15) is 5.10 Å². The van der Waals surface area contributed by atoms with Gasteiger partial charge < -0.3 is 0 Å². The van der Waals surface area contributed by atoms with Crippen molar-refractivity contribution in [3.8, 4) is 5.69 Å². The fourth-order valence-electron chi connectivity index (χ4n) is 2.26. The number of halogens is 1. The molecule has 0 radical (unpaired) electrons. The van der Waals surface area contributed by atoms with E-state index in [0.29, 0.717) is 17.4 Å². The fraction of sp³-hybridized carbons (Fsp3) is 0.125. The van der Waals surface area contributed by atoms with Crippen LogP contribution in [0.3, 0.4) is 0 Å². The highest BCUT2D eigenvalue weighted by atomic mass is 35.5. The zero-order chi connectivity index (χ0) is 14.8. The van der Waals surface area contributed by atoms with Crippen molar-refractivity contribution >= 4 is 11.6 Å². The molecule has 0 atom stereocenters. The van der Waals surface area contributed by atoms with E-state index in [4.69, 9.17) is 11.6 Å². The van der Waals surface area contributed by atoms with Crippen LogP contribution in [0.2, 0.25) is 5.02 Å². The van der Waals surface area contributed by atoms with Crippen LogP contribution in [0, 0.1) is 6.92 Å². The van der Waals surface area contributed by atoms with Crippen molar-refractivity contribution in [2.45, 2.75) is 13.5 Å². The van der Waals surface area contributed by atoms with Gasteiger partial charge in [0.25, 0.3) is 0 Å². The molecule has 0 fully saturated rings. The molecule has 0 aliphatic rings. The first-order valence-corrected chi connectivity index (χ1v) is 6.99. The van der Waals surface area contributed by atoms with Gasteiger partial charge in [0.05, 0.1) is 12.2 Å². The molecule has 3 aromatic rings. The zero-order valence-corrected chi connectivity index (χ0v) is 12.3. The van der Waals surface area contributed by atoms with E-state index < -0.39 is 0 Å². The lowest BCUT2D eigenvalue weighted by Crippen LogP contribution is -2.24. The molecule has 0 unspecified atom stereocenters. The standard InChI is InChI=1S/C16H14ClN3O/c1-12-18-19(11-13-5-3-2-4-6-13)16(21)20(12)15-9-7-14(17)8-10-15/h2-10H,11H2,1H3. The van der Waals surface area contributed by atoms with Crippen molar-refractivity contribution in [3.05, 3.63) is 81.5 Å². The third kappa shape index (κ3) is 2.76. The lowest BCUT2D eigenvalue weighted by atomic mass is 10.2. The monoisotopic (exact) mass is 299 g/mol. The highest BCUT2D eigenvalue weighted by molar-refractivity contribution is 6.30. The van der Waals surface area contributed by atoms with E-state index in [1.54, 1.807) is 16.7 Å². The Kier molecular flexibility index (Phi) is 3.62. The maximum Gasteiger partial charge on any atom is 0.350 e. The number of nitrogens with zero attached hydrogens (tertiary/aromatic N) is 3. The van der Waals surface area contributed by atoms with E-state index in [-0.39, 0.29) is 5.69 Å². The van der Waals surface area contributed by atoms with Crippen molar-refractivity contribution in [2.24, 2.45) is 0 Å². The van der Waals surface area contributed by atoms with Crippen molar-refractivity contribution in [3.63, 3.8) is 0 Å². The molecule has 0 aliphatic heterocycles. The summed E-state index contributed by atoms with van der Waals surface area (Å²) >= 11 is 5.88. The van der Waals surface area contributed by atoms with Crippen LogP contribution in [-0.4, -0.2) is 14.3 Å². The third-order valence-electron chi connectivity index (χ3n) is 3.26. The molecule has 5 heteroatoms. The molecule has 0 saturated heterocycles. The Morgan fingerprint density at radius 3 is 2.38 bits per heavy atom. The van der Waals surface area contributed by atoms with Gasteiger partial charge in [0.2, 0.25) is 0 Å². The predicted molar refractivity (Wildman–Crippen MR) is 83.1 cm³/mol. The first kappa shape index (κ1) is 13.6. The first-order chi connectivity index (χ1) is 10.1. The average molecular weight is 300 g/mol. The molecular formula is C16H14ClN3O. The number of benzene rings is 2. The summed E-state index contributed by atoms with van der Waals surface area (Å²) in [4.78, 5) is 12.5. The van der Waals surface area contributed by atoms with Gasteiger partial charge in [-0.05, 0) is 36.8 Å².